The molecule has 7 nitrogen and oxygen atoms in total. The number of rotatable bonds is 5. The molecular weight excluding hydrogens is 451 g/mol. The van der Waals surface area contributed by atoms with Gasteiger partial charge in [0.05, 0.1) is 39.7 Å². The van der Waals surface area contributed by atoms with Gasteiger partial charge in [0.25, 0.3) is 0 Å². The van der Waals surface area contributed by atoms with Gasteiger partial charge in [0, 0.05) is 18.5 Å². The molecule has 0 aliphatic rings. The van der Waals surface area contributed by atoms with Gasteiger partial charge in [-0.05, 0) is 24.6 Å². The molecule has 3 rings (SSSR count). The largest absolute Gasteiger partial charge is 0.506 e. The number of hydrogen-bond acceptors (Lipinski definition) is 6. The molecule has 32 heavy (non-hydrogen) atoms. The predicted molar refractivity (Wildman–Crippen MR) is 126 cm³/mol. The van der Waals surface area contributed by atoms with Gasteiger partial charge in [-0.1, -0.05) is 53.8 Å². The zero-order chi connectivity index (χ0) is 23.3. The fraction of sp³-hybridized carbons (Fsp3) is 0.0870. The maximum atomic E-state index is 11.7. The molecule has 0 saturated carbocycles. The molecule has 0 aliphatic heterocycles. The Morgan fingerprint density at radius 1 is 1.22 bits per heavy atom. The van der Waals surface area contributed by atoms with Crippen LogP contribution in [0.1, 0.15) is 16.7 Å². The van der Waals surface area contributed by atoms with Crippen LogP contribution in [0.5, 0.6) is 11.5 Å². The van der Waals surface area contributed by atoms with Crippen molar-refractivity contribution in [3.05, 3.63) is 76.0 Å². The van der Waals surface area contributed by atoms with Crippen LogP contribution in [0, 0.1) is 18.8 Å². The summed E-state index contributed by atoms with van der Waals surface area (Å²) in [7, 11) is 1.42. The van der Waals surface area contributed by atoms with Crippen LogP contribution in [0.4, 0.5) is 17.3 Å². The number of ether oxygens (including phenoxy) is 1. The zero-order valence-electron chi connectivity index (χ0n) is 17.2. The number of phenolic OH excluding ortho intramolecular Hbond substituents is 1. The van der Waals surface area contributed by atoms with Gasteiger partial charge in [0.2, 0.25) is 11.9 Å². The predicted octanol–water partition coefficient (Wildman–Crippen LogP) is 5.07. The SMILES string of the molecule is C=CC(=O)Nc1cccc(C)c1Nc1ncc(C#Cc2c(Cl)c(O)cc(OC)c2Cl)cn1. The molecule has 1 aromatic heterocycles. The number of anilines is 3. The Labute approximate surface area is 195 Å². The lowest BCUT2D eigenvalue weighted by atomic mass is 10.1. The summed E-state index contributed by atoms with van der Waals surface area (Å²) in [6, 6.07) is 6.79. The van der Waals surface area contributed by atoms with Crippen LogP contribution in [0.25, 0.3) is 0 Å². The topological polar surface area (TPSA) is 96.4 Å². The average Bonchev–Trinajstić information content (AvgIpc) is 2.79. The van der Waals surface area contributed by atoms with Crippen molar-refractivity contribution in [3.63, 3.8) is 0 Å². The van der Waals surface area contributed by atoms with Crippen molar-refractivity contribution in [2.45, 2.75) is 6.92 Å². The number of phenols is 1. The van der Waals surface area contributed by atoms with Gasteiger partial charge in [-0.3, -0.25) is 4.79 Å². The van der Waals surface area contributed by atoms with Crippen LogP contribution in [0.3, 0.4) is 0 Å². The molecule has 2 aromatic carbocycles. The number of methoxy groups -OCH3 is 1. The third-order valence-electron chi connectivity index (χ3n) is 4.30. The number of amides is 1. The first-order chi connectivity index (χ1) is 15.3. The molecule has 0 unspecified atom stereocenters. The molecule has 0 atom stereocenters. The summed E-state index contributed by atoms with van der Waals surface area (Å²) in [4.78, 5) is 20.2. The number of para-hydroxylation sites is 1. The van der Waals surface area contributed by atoms with Gasteiger partial charge in [-0.15, -0.1) is 0 Å². The zero-order valence-corrected chi connectivity index (χ0v) is 18.7. The van der Waals surface area contributed by atoms with E-state index < -0.39 is 0 Å². The summed E-state index contributed by atoms with van der Waals surface area (Å²) < 4.78 is 5.11. The number of aromatic hydroxyl groups is 1. The van der Waals surface area contributed by atoms with E-state index in [4.69, 9.17) is 27.9 Å². The first-order valence-corrected chi connectivity index (χ1v) is 9.98. The van der Waals surface area contributed by atoms with Crippen molar-refractivity contribution in [2.75, 3.05) is 17.7 Å². The van der Waals surface area contributed by atoms with Crippen LogP contribution in [-0.2, 0) is 4.79 Å². The Morgan fingerprint density at radius 2 is 1.94 bits per heavy atom. The van der Waals surface area contributed by atoms with Crippen molar-refractivity contribution in [1.29, 1.82) is 0 Å². The quantitative estimate of drug-likeness (QED) is 0.357. The minimum Gasteiger partial charge on any atom is -0.506 e. The number of carbonyl (C=O) groups excluding carboxylic acids is 1. The molecule has 0 bridgehead atoms. The van der Waals surface area contributed by atoms with Crippen molar-refractivity contribution < 1.29 is 14.6 Å². The number of hydrogen-bond donors (Lipinski definition) is 3. The van der Waals surface area contributed by atoms with Gasteiger partial charge >= 0.3 is 0 Å². The molecule has 0 aliphatic carbocycles. The van der Waals surface area contributed by atoms with Crippen LogP contribution in [0.15, 0.2) is 49.3 Å². The van der Waals surface area contributed by atoms with E-state index >= 15 is 0 Å². The number of aryl methyl sites for hydroxylation is 1. The van der Waals surface area contributed by atoms with E-state index in [1.165, 1.54) is 31.6 Å². The monoisotopic (exact) mass is 468 g/mol. The van der Waals surface area contributed by atoms with Crippen molar-refractivity contribution in [3.8, 4) is 23.3 Å². The minimum atomic E-state index is -0.328. The molecule has 162 valence electrons. The third kappa shape index (κ3) is 5.11. The number of nitrogens with zero attached hydrogens (tertiary/aromatic N) is 2. The van der Waals surface area contributed by atoms with Crippen LogP contribution in [0.2, 0.25) is 10.0 Å². The van der Waals surface area contributed by atoms with E-state index in [9.17, 15) is 9.90 Å². The lowest BCUT2D eigenvalue weighted by Crippen LogP contribution is -2.10. The highest BCUT2D eigenvalue weighted by Crippen LogP contribution is 2.39. The normalized spacial score (nSPS) is 10.0. The molecule has 1 amide bonds. The standard InChI is InChI=1S/C23H18Cl2N4O3/c1-4-19(31)28-16-7-5-6-13(2)22(16)29-23-26-11-14(12-27-23)8-9-15-20(24)17(30)10-18(32-3)21(15)25/h4-7,10-12,30H,1H2,2-3H3,(H,28,31)(H,26,27,29). The highest BCUT2D eigenvalue weighted by Gasteiger charge is 2.14. The molecule has 9 heteroatoms. The Morgan fingerprint density at radius 3 is 2.59 bits per heavy atom. The van der Waals surface area contributed by atoms with Crippen molar-refractivity contribution in [2.24, 2.45) is 0 Å². The Kier molecular flexibility index (Phi) is 7.21. The number of carbonyl (C=O) groups is 1. The molecule has 0 radical (unpaired) electrons. The molecular formula is C23H18Cl2N4O3. The summed E-state index contributed by atoms with van der Waals surface area (Å²) in [6.07, 6.45) is 4.23. The number of benzene rings is 2. The van der Waals surface area contributed by atoms with E-state index in [-0.39, 0.29) is 33.0 Å². The summed E-state index contributed by atoms with van der Waals surface area (Å²) in [5, 5.41) is 16.0. The number of halogens is 2. The highest BCUT2D eigenvalue weighted by molar-refractivity contribution is 6.38. The van der Waals surface area contributed by atoms with Crippen molar-refractivity contribution in [1.82, 2.24) is 9.97 Å². The smallest absolute Gasteiger partial charge is 0.247 e. The minimum absolute atomic E-state index is 0.0242. The van der Waals surface area contributed by atoms with Crippen LogP contribution in [-0.4, -0.2) is 28.1 Å². The van der Waals surface area contributed by atoms with E-state index in [1.54, 1.807) is 6.07 Å². The lowest BCUT2D eigenvalue weighted by molar-refractivity contribution is -0.111. The molecule has 0 saturated heterocycles. The summed E-state index contributed by atoms with van der Waals surface area (Å²) >= 11 is 12.4. The van der Waals surface area contributed by atoms with Gasteiger partial charge in [0.15, 0.2) is 0 Å². The molecule has 3 aromatic rings. The second kappa shape index (κ2) is 10.1. The van der Waals surface area contributed by atoms with E-state index in [1.807, 2.05) is 19.1 Å². The van der Waals surface area contributed by atoms with Gasteiger partial charge in [0.1, 0.15) is 11.5 Å². The van der Waals surface area contributed by atoms with Gasteiger partial charge in [-0.2, -0.15) is 0 Å². The van der Waals surface area contributed by atoms with E-state index in [0.29, 0.717) is 22.9 Å². The average molecular weight is 469 g/mol. The Balaban J connectivity index is 1.86. The fourth-order valence-electron chi connectivity index (χ4n) is 2.68. The fourth-order valence-corrected chi connectivity index (χ4v) is 3.20. The Bertz CT molecular complexity index is 1250. The van der Waals surface area contributed by atoms with Gasteiger partial charge in [-0.25, -0.2) is 9.97 Å². The maximum absolute atomic E-state index is 11.7. The molecule has 3 N–H and O–H groups in total. The second-order valence-corrected chi connectivity index (χ2v) is 7.22. The van der Waals surface area contributed by atoms with Gasteiger partial charge < -0.3 is 20.5 Å². The van der Waals surface area contributed by atoms with E-state index in [2.05, 4.69) is 39.0 Å². The lowest BCUT2D eigenvalue weighted by Gasteiger charge is -2.14. The first-order valence-electron chi connectivity index (χ1n) is 9.23. The first kappa shape index (κ1) is 22.9. The van der Waals surface area contributed by atoms with Crippen LogP contribution < -0.4 is 15.4 Å². The van der Waals surface area contributed by atoms with Crippen molar-refractivity contribution >= 4 is 46.4 Å². The summed E-state index contributed by atoms with van der Waals surface area (Å²) in [5.74, 6) is 5.73. The number of nitrogens with one attached hydrogen (secondary N) is 2. The Hall–Kier alpha value is -3.73. The second-order valence-electron chi connectivity index (χ2n) is 6.46. The summed E-state index contributed by atoms with van der Waals surface area (Å²) in [6.45, 7) is 5.35. The third-order valence-corrected chi connectivity index (χ3v) is 5.06. The summed E-state index contributed by atoms with van der Waals surface area (Å²) in [5.41, 5.74) is 2.85. The number of aromatic nitrogens is 2. The maximum Gasteiger partial charge on any atom is 0.247 e. The van der Waals surface area contributed by atoms with E-state index in [0.717, 1.165) is 5.56 Å². The molecule has 0 spiro atoms. The van der Waals surface area contributed by atoms with Crippen LogP contribution >= 0.6 is 23.2 Å². The highest BCUT2D eigenvalue weighted by atomic mass is 35.5. The molecule has 1 heterocycles. The molecule has 0 fully saturated rings.